The Bertz CT molecular complexity index is 598. The number of nitro benzene ring substituents is 1. The molecule has 1 aromatic rings. The summed E-state index contributed by atoms with van der Waals surface area (Å²) in [4.78, 5) is 14.8. The number of nitrogens with zero attached hydrogens (tertiary/aromatic N) is 3. The SMILES string of the molecule is CSC(=Nc1c(Br)cc(Br)c([N+](=O)[O-])c1C)NC#N. The van der Waals surface area contributed by atoms with E-state index < -0.39 is 4.92 Å². The number of nitriles is 1. The number of benzene rings is 1. The first-order valence-corrected chi connectivity index (χ1v) is 7.64. The normalized spacial score (nSPS) is 11.0. The zero-order valence-electron chi connectivity index (χ0n) is 9.90. The van der Waals surface area contributed by atoms with E-state index in [0.717, 1.165) is 0 Å². The molecule has 0 heterocycles. The van der Waals surface area contributed by atoms with Crippen molar-refractivity contribution in [3.8, 4) is 6.19 Å². The fraction of sp³-hybridized carbons (Fsp3) is 0.200. The lowest BCUT2D eigenvalue weighted by Crippen LogP contribution is -2.12. The molecule has 9 heteroatoms. The van der Waals surface area contributed by atoms with Gasteiger partial charge in [-0.3, -0.25) is 15.4 Å². The smallest absolute Gasteiger partial charge is 0.271 e. The Balaban J connectivity index is 3.48. The number of nitro groups is 1. The monoisotopic (exact) mass is 406 g/mol. The van der Waals surface area contributed by atoms with E-state index >= 15 is 0 Å². The average Bonchev–Trinajstić information content (AvgIpc) is 2.32. The molecule has 6 nitrogen and oxygen atoms in total. The molecule has 1 N–H and O–H groups in total. The first kappa shape index (κ1) is 15.9. The van der Waals surface area contributed by atoms with E-state index in [-0.39, 0.29) is 5.69 Å². The first-order chi connectivity index (χ1) is 8.92. The van der Waals surface area contributed by atoms with Crippen molar-refractivity contribution in [2.24, 2.45) is 4.99 Å². The Morgan fingerprint density at radius 2 is 2.21 bits per heavy atom. The second-order valence-electron chi connectivity index (χ2n) is 3.28. The van der Waals surface area contributed by atoms with Crippen molar-refractivity contribution < 1.29 is 4.92 Å². The van der Waals surface area contributed by atoms with Gasteiger partial charge in [-0.15, -0.1) is 0 Å². The molecule has 0 aliphatic heterocycles. The molecule has 0 unspecified atom stereocenters. The molecule has 0 saturated carbocycles. The standard InChI is InChI=1S/C10H8Br2N4O2S/c1-5-8(15-10(19-2)14-4-13)6(11)3-7(12)9(5)16(17)18/h3H,1-2H3,(H,14,15). The predicted octanol–water partition coefficient (Wildman–Crippen LogP) is 3.85. The summed E-state index contributed by atoms with van der Waals surface area (Å²) < 4.78 is 0.980. The maximum absolute atomic E-state index is 11.0. The number of hydrogen-bond donors (Lipinski definition) is 1. The molecule has 100 valence electrons. The van der Waals surface area contributed by atoms with Crippen LogP contribution >= 0.6 is 43.6 Å². The molecule has 0 aliphatic rings. The Morgan fingerprint density at radius 3 is 2.68 bits per heavy atom. The van der Waals surface area contributed by atoms with Gasteiger partial charge < -0.3 is 0 Å². The summed E-state index contributed by atoms with van der Waals surface area (Å²) >= 11 is 7.70. The largest absolute Gasteiger partial charge is 0.288 e. The molecule has 0 fully saturated rings. The van der Waals surface area contributed by atoms with Gasteiger partial charge in [-0.25, -0.2) is 4.99 Å². The summed E-state index contributed by atoms with van der Waals surface area (Å²) in [5.41, 5.74) is 0.791. The molecule has 0 radical (unpaired) electrons. The van der Waals surface area contributed by atoms with Gasteiger partial charge in [-0.05, 0) is 51.1 Å². The maximum atomic E-state index is 11.0. The molecule has 1 rings (SSSR count). The molecule has 0 saturated heterocycles. The minimum Gasteiger partial charge on any atom is -0.271 e. The van der Waals surface area contributed by atoms with Gasteiger partial charge in [0.25, 0.3) is 5.69 Å². The molecular formula is C10H8Br2N4O2S. The molecule has 0 aliphatic carbocycles. The number of rotatable bonds is 2. The highest BCUT2D eigenvalue weighted by Crippen LogP contribution is 2.40. The van der Waals surface area contributed by atoms with Crippen molar-refractivity contribution in [2.45, 2.75) is 6.92 Å². The van der Waals surface area contributed by atoms with Crippen LogP contribution in [0, 0.1) is 28.5 Å². The van der Waals surface area contributed by atoms with Crippen molar-refractivity contribution in [1.82, 2.24) is 5.32 Å². The topological polar surface area (TPSA) is 91.3 Å². The van der Waals surface area contributed by atoms with Gasteiger partial charge >= 0.3 is 0 Å². The van der Waals surface area contributed by atoms with Crippen LogP contribution in [0.4, 0.5) is 11.4 Å². The molecule has 0 bridgehead atoms. The number of halogens is 2. The molecule has 0 amide bonds. The van der Waals surface area contributed by atoms with Crippen LogP contribution in [0.3, 0.4) is 0 Å². The average molecular weight is 408 g/mol. The Labute approximate surface area is 130 Å². The van der Waals surface area contributed by atoms with Crippen LogP contribution in [-0.2, 0) is 0 Å². The minimum absolute atomic E-state index is 0.0423. The van der Waals surface area contributed by atoms with Crippen molar-refractivity contribution in [3.63, 3.8) is 0 Å². The molecule has 19 heavy (non-hydrogen) atoms. The molecule has 0 aromatic heterocycles. The van der Waals surface area contributed by atoms with E-state index in [1.54, 1.807) is 25.4 Å². The van der Waals surface area contributed by atoms with E-state index in [4.69, 9.17) is 5.26 Å². The van der Waals surface area contributed by atoms with Crippen molar-refractivity contribution in [2.75, 3.05) is 6.26 Å². The first-order valence-electron chi connectivity index (χ1n) is 4.83. The summed E-state index contributed by atoms with van der Waals surface area (Å²) in [7, 11) is 0. The van der Waals surface area contributed by atoms with Crippen molar-refractivity contribution in [1.29, 1.82) is 5.26 Å². The Morgan fingerprint density at radius 1 is 1.58 bits per heavy atom. The van der Waals surface area contributed by atoms with Crippen LogP contribution in [0.25, 0.3) is 0 Å². The summed E-state index contributed by atoms with van der Waals surface area (Å²) in [6.45, 7) is 1.61. The number of nitrogens with one attached hydrogen (secondary N) is 1. The van der Waals surface area contributed by atoms with Crippen LogP contribution in [0.2, 0.25) is 0 Å². The van der Waals surface area contributed by atoms with Crippen LogP contribution < -0.4 is 5.32 Å². The van der Waals surface area contributed by atoms with E-state index in [1.165, 1.54) is 11.8 Å². The highest BCUT2D eigenvalue weighted by molar-refractivity contribution is 9.11. The Kier molecular flexibility index (Phi) is 5.78. The number of amidine groups is 1. The van der Waals surface area contributed by atoms with Crippen molar-refractivity contribution >= 4 is 60.2 Å². The van der Waals surface area contributed by atoms with Crippen LogP contribution in [-0.4, -0.2) is 16.3 Å². The summed E-state index contributed by atoms with van der Waals surface area (Å²) in [5.74, 6) is 0. The highest BCUT2D eigenvalue weighted by atomic mass is 79.9. The maximum Gasteiger partial charge on any atom is 0.288 e. The Hall–Kier alpha value is -1.11. The van der Waals surface area contributed by atoms with E-state index in [9.17, 15) is 10.1 Å². The van der Waals surface area contributed by atoms with Gasteiger partial charge in [0, 0.05) is 4.47 Å². The van der Waals surface area contributed by atoms with Crippen LogP contribution in [0.1, 0.15) is 5.56 Å². The lowest BCUT2D eigenvalue weighted by Gasteiger charge is -2.08. The van der Waals surface area contributed by atoms with E-state index in [1.807, 2.05) is 0 Å². The van der Waals surface area contributed by atoms with Gasteiger partial charge in [0.15, 0.2) is 11.4 Å². The lowest BCUT2D eigenvalue weighted by atomic mass is 10.1. The molecule has 0 spiro atoms. The van der Waals surface area contributed by atoms with Crippen molar-refractivity contribution in [3.05, 3.63) is 30.7 Å². The zero-order chi connectivity index (χ0) is 14.6. The third-order valence-electron chi connectivity index (χ3n) is 2.17. The minimum atomic E-state index is -0.471. The number of hydrogen-bond acceptors (Lipinski definition) is 5. The highest BCUT2D eigenvalue weighted by Gasteiger charge is 2.21. The van der Waals surface area contributed by atoms with E-state index in [0.29, 0.717) is 25.4 Å². The van der Waals surface area contributed by atoms with Gasteiger partial charge in [0.05, 0.1) is 20.6 Å². The van der Waals surface area contributed by atoms with Crippen LogP contribution in [0.5, 0.6) is 0 Å². The fourth-order valence-corrected chi connectivity index (χ4v) is 3.28. The third-order valence-corrected chi connectivity index (χ3v) is 3.96. The molecule has 0 atom stereocenters. The predicted molar refractivity (Wildman–Crippen MR) is 82.6 cm³/mol. The molecular weight excluding hydrogens is 400 g/mol. The number of aliphatic imine (C=N–C) groups is 1. The van der Waals surface area contributed by atoms with Gasteiger partial charge in [0.1, 0.15) is 0 Å². The van der Waals surface area contributed by atoms with Gasteiger partial charge in [-0.2, -0.15) is 5.26 Å². The lowest BCUT2D eigenvalue weighted by molar-refractivity contribution is -0.386. The van der Waals surface area contributed by atoms with Gasteiger partial charge in [0.2, 0.25) is 0 Å². The number of thioether (sulfide) groups is 1. The molecule has 1 aromatic carbocycles. The third kappa shape index (κ3) is 3.68. The fourth-order valence-electron chi connectivity index (χ4n) is 1.35. The van der Waals surface area contributed by atoms with Gasteiger partial charge in [-0.1, -0.05) is 11.8 Å². The summed E-state index contributed by atoms with van der Waals surface area (Å²) in [5, 5.41) is 22.4. The summed E-state index contributed by atoms with van der Waals surface area (Å²) in [6.07, 6.45) is 3.52. The van der Waals surface area contributed by atoms with E-state index in [2.05, 4.69) is 42.2 Å². The second-order valence-corrected chi connectivity index (χ2v) is 5.78. The summed E-state index contributed by atoms with van der Waals surface area (Å²) in [6, 6.07) is 1.56. The van der Waals surface area contributed by atoms with Crippen LogP contribution in [0.15, 0.2) is 20.0 Å². The quantitative estimate of drug-likeness (QED) is 0.201. The zero-order valence-corrected chi connectivity index (χ0v) is 13.9. The second kappa shape index (κ2) is 6.88.